The molecule has 10 heteroatoms. The molecular weight excluding hydrogens is 498 g/mol. The molecule has 3 heterocycles. The van der Waals surface area contributed by atoms with E-state index in [4.69, 9.17) is 9.47 Å². The summed E-state index contributed by atoms with van der Waals surface area (Å²) in [7, 11) is 2.88. The highest BCUT2D eigenvalue weighted by atomic mass is 16.5. The number of ether oxygens (including phenoxy) is 2. The Balaban J connectivity index is 1.33. The van der Waals surface area contributed by atoms with Gasteiger partial charge in [-0.1, -0.05) is 37.1 Å². The van der Waals surface area contributed by atoms with Crippen LogP contribution in [0.4, 0.5) is 5.69 Å². The summed E-state index contributed by atoms with van der Waals surface area (Å²) in [5.41, 5.74) is 3.87. The summed E-state index contributed by atoms with van der Waals surface area (Å²) < 4.78 is 14.1. The van der Waals surface area contributed by atoms with Gasteiger partial charge in [0, 0.05) is 31.1 Å². The predicted octanol–water partition coefficient (Wildman–Crippen LogP) is 4.71. The van der Waals surface area contributed by atoms with Crippen LogP contribution in [0.25, 0.3) is 11.3 Å². The van der Waals surface area contributed by atoms with Gasteiger partial charge in [0.1, 0.15) is 0 Å². The number of ketones is 1. The van der Waals surface area contributed by atoms with Gasteiger partial charge < -0.3 is 14.8 Å². The molecule has 1 saturated carbocycles. The number of carbonyl (C=O) groups excluding carboxylic acids is 3. The van der Waals surface area contributed by atoms with Gasteiger partial charge in [0.2, 0.25) is 5.91 Å². The molecule has 2 aliphatic rings. The summed E-state index contributed by atoms with van der Waals surface area (Å²) in [4.78, 5) is 39.2. The minimum Gasteiger partial charge on any atom is -0.464 e. The van der Waals surface area contributed by atoms with E-state index in [9.17, 15) is 14.4 Å². The number of carbonyl (C=O) groups is 3. The van der Waals surface area contributed by atoms with Crippen LogP contribution in [-0.4, -0.2) is 50.9 Å². The molecule has 1 saturated heterocycles. The van der Waals surface area contributed by atoms with Crippen molar-refractivity contribution in [1.29, 1.82) is 0 Å². The van der Waals surface area contributed by atoms with Gasteiger partial charge in [-0.2, -0.15) is 10.2 Å². The van der Waals surface area contributed by atoms with Crippen LogP contribution < -0.4 is 5.32 Å². The van der Waals surface area contributed by atoms with Crippen LogP contribution in [0.3, 0.4) is 0 Å². The number of esters is 1. The number of nitrogens with one attached hydrogen (secondary N) is 1. The molecule has 0 spiro atoms. The number of aromatic nitrogens is 4. The first-order chi connectivity index (χ1) is 18.9. The first kappa shape index (κ1) is 26.8. The van der Waals surface area contributed by atoms with Gasteiger partial charge in [-0.15, -0.1) is 0 Å². The third-order valence-electron chi connectivity index (χ3n) is 7.77. The van der Waals surface area contributed by atoms with Crippen molar-refractivity contribution in [2.75, 3.05) is 19.0 Å². The summed E-state index contributed by atoms with van der Waals surface area (Å²) in [5.74, 6) is -1.85. The first-order valence-corrected chi connectivity index (χ1v) is 13.6. The normalized spacial score (nSPS) is 21.4. The molecule has 3 atom stereocenters. The Morgan fingerprint density at radius 3 is 2.44 bits per heavy atom. The molecule has 1 aliphatic heterocycles. The minimum atomic E-state index is -0.590. The van der Waals surface area contributed by atoms with E-state index in [1.807, 2.05) is 41.9 Å². The topological polar surface area (TPSA) is 117 Å². The molecule has 1 aliphatic carbocycles. The Hall–Kier alpha value is -3.79. The molecule has 3 aromatic rings. The molecule has 206 valence electrons. The van der Waals surface area contributed by atoms with Gasteiger partial charge >= 0.3 is 5.97 Å². The molecule has 1 aromatic carbocycles. The average Bonchev–Trinajstić information content (AvgIpc) is 3.54. The number of methoxy groups -OCH3 is 1. The van der Waals surface area contributed by atoms with Crippen LogP contribution in [0.15, 0.2) is 36.5 Å². The molecule has 10 nitrogen and oxygen atoms in total. The number of Topliss-reactive ketones (excluding diaryl/α,β-unsaturated/α-hetero) is 1. The average molecular weight is 534 g/mol. The van der Waals surface area contributed by atoms with E-state index in [-0.39, 0.29) is 29.3 Å². The van der Waals surface area contributed by atoms with E-state index in [1.54, 1.807) is 7.05 Å². The van der Waals surface area contributed by atoms with E-state index in [0.717, 1.165) is 55.7 Å². The SMILES string of the molecule is COC(=O)c1c(NC(=O)C2CCCC[C@H]2C(=O)c2ccc(-c3cc(C)nn3[C@H]3CCCCO3)cc2)cnn1C. The maximum absolute atomic E-state index is 13.7. The second-order valence-corrected chi connectivity index (χ2v) is 10.4. The molecule has 1 amide bonds. The van der Waals surface area contributed by atoms with Crippen molar-refractivity contribution in [1.82, 2.24) is 19.6 Å². The van der Waals surface area contributed by atoms with Gasteiger partial charge in [0.25, 0.3) is 0 Å². The second kappa shape index (κ2) is 11.5. The van der Waals surface area contributed by atoms with Crippen molar-refractivity contribution >= 4 is 23.3 Å². The van der Waals surface area contributed by atoms with E-state index < -0.39 is 17.8 Å². The van der Waals surface area contributed by atoms with Gasteiger partial charge in [-0.3, -0.25) is 14.3 Å². The zero-order chi connectivity index (χ0) is 27.5. The van der Waals surface area contributed by atoms with Crippen molar-refractivity contribution in [3.8, 4) is 11.3 Å². The lowest BCUT2D eigenvalue weighted by molar-refractivity contribution is -0.122. The van der Waals surface area contributed by atoms with Gasteiger partial charge in [0.05, 0.1) is 30.4 Å². The number of hydrogen-bond donors (Lipinski definition) is 1. The summed E-state index contributed by atoms with van der Waals surface area (Å²) in [6.45, 7) is 2.70. The van der Waals surface area contributed by atoms with Crippen LogP contribution in [-0.2, 0) is 21.3 Å². The molecular formula is C29H35N5O5. The fourth-order valence-corrected chi connectivity index (χ4v) is 5.74. The van der Waals surface area contributed by atoms with Crippen LogP contribution in [0.2, 0.25) is 0 Å². The third-order valence-corrected chi connectivity index (χ3v) is 7.77. The van der Waals surface area contributed by atoms with Crippen molar-refractivity contribution < 1.29 is 23.9 Å². The van der Waals surface area contributed by atoms with Crippen LogP contribution in [0.1, 0.15) is 77.7 Å². The van der Waals surface area contributed by atoms with E-state index >= 15 is 0 Å². The Kier molecular flexibility index (Phi) is 7.92. The number of rotatable bonds is 7. The molecule has 2 fully saturated rings. The van der Waals surface area contributed by atoms with Crippen LogP contribution in [0, 0.1) is 18.8 Å². The number of hydrogen-bond acceptors (Lipinski definition) is 7. The zero-order valence-corrected chi connectivity index (χ0v) is 22.7. The number of aryl methyl sites for hydroxylation is 2. The summed E-state index contributed by atoms with van der Waals surface area (Å²) in [6.07, 6.45) is 7.44. The number of nitrogens with zero attached hydrogens (tertiary/aromatic N) is 4. The van der Waals surface area contributed by atoms with Crippen molar-refractivity contribution in [2.45, 2.75) is 58.1 Å². The van der Waals surface area contributed by atoms with E-state index in [2.05, 4.69) is 15.5 Å². The van der Waals surface area contributed by atoms with E-state index in [0.29, 0.717) is 18.4 Å². The highest BCUT2D eigenvalue weighted by molar-refractivity contribution is 6.05. The highest BCUT2D eigenvalue weighted by Crippen LogP contribution is 2.35. The largest absolute Gasteiger partial charge is 0.464 e. The lowest BCUT2D eigenvalue weighted by Gasteiger charge is -2.29. The Labute approximate surface area is 227 Å². The van der Waals surface area contributed by atoms with Crippen molar-refractivity contribution in [3.63, 3.8) is 0 Å². The summed E-state index contributed by atoms with van der Waals surface area (Å²) in [5, 5.41) is 11.6. The zero-order valence-electron chi connectivity index (χ0n) is 22.7. The smallest absolute Gasteiger partial charge is 0.358 e. The maximum Gasteiger partial charge on any atom is 0.358 e. The Morgan fingerprint density at radius 1 is 1.03 bits per heavy atom. The maximum atomic E-state index is 13.7. The fourth-order valence-electron chi connectivity index (χ4n) is 5.74. The Bertz CT molecular complexity index is 1350. The molecule has 2 aromatic heterocycles. The third kappa shape index (κ3) is 5.52. The number of anilines is 1. The standard InChI is InChI=1S/C29H35N5O5/c1-18-16-24(34(32-18)25-10-6-7-15-39-25)19-11-13-20(14-12-19)27(35)21-8-4-5-9-22(21)28(36)31-23-17-30-33(2)26(23)29(37)38-3/h11-14,16-17,21-22,25H,4-10,15H2,1-3H3,(H,31,36)/t21-,22?,25-/m1/s1. The molecule has 1 unspecified atom stereocenters. The highest BCUT2D eigenvalue weighted by Gasteiger charge is 2.37. The van der Waals surface area contributed by atoms with E-state index in [1.165, 1.54) is 18.0 Å². The quantitative estimate of drug-likeness (QED) is 0.345. The molecule has 5 rings (SSSR count). The Morgan fingerprint density at radius 2 is 1.74 bits per heavy atom. The monoisotopic (exact) mass is 533 g/mol. The molecule has 39 heavy (non-hydrogen) atoms. The second-order valence-electron chi connectivity index (χ2n) is 10.4. The molecule has 1 N–H and O–H groups in total. The minimum absolute atomic E-state index is 0.0407. The van der Waals surface area contributed by atoms with Gasteiger partial charge in [-0.05, 0) is 50.7 Å². The fraction of sp³-hybridized carbons (Fsp3) is 0.483. The predicted molar refractivity (Wildman–Crippen MR) is 144 cm³/mol. The lowest BCUT2D eigenvalue weighted by atomic mass is 9.75. The van der Waals surface area contributed by atoms with Crippen molar-refractivity contribution in [2.24, 2.45) is 18.9 Å². The molecule has 0 bridgehead atoms. The van der Waals surface area contributed by atoms with Gasteiger partial charge in [-0.25, -0.2) is 9.48 Å². The van der Waals surface area contributed by atoms with Crippen LogP contribution >= 0.6 is 0 Å². The van der Waals surface area contributed by atoms with Gasteiger partial charge in [0.15, 0.2) is 17.7 Å². The van der Waals surface area contributed by atoms with Crippen LogP contribution in [0.5, 0.6) is 0 Å². The lowest BCUT2D eigenvalue weighted by Crippen LogP contribution is -2.36. The number of benzene rings is 1. The number of amides is 1. The first-order valence-electron chi connectivity index (χ1n) is 13.6. The summed E-state index contributed by atoms with van der Waals surface area (Å²) >= 11 is 0. The van der Waals surface area contributed by atoms with Crippen molar-refractivity contribution in [3.05, 3.63) is 53.5 Å². The summed E-state index contributed by atoms with van der Waals surface area (Å²) in [6, 6.07) is 9.61. The molecule has 0 radical (unpaired) electrons.